The van der Waals surface area contributed by atoms with Crippen LogP contribution in [0, 0.1) is 6.92 Å². The van der Waals surface area contributed by atoms with Crippen molar-refractivity contribution < 1.29 is 4.79 Å². The molecule has 0 saturated heterocycles. The van der Waals surface area contributed by atoms with Gasteiger partial charge in [0.2, 0.25) is 5.91 Å². The van der Waals surface area contributed by atoms with E-state index in [0.717, 1.165) is 10.2 Å². The van der Waals surface area contributed by atoms with E-state index >= 15 is 0 Å². The molecule has 116 valence electrons. The molecule has 0 aliphatic carbocycles. The third kappa shape index (κ3) is 3.22. The molecule has 1 N–H and O–H groups in total. The summed E-state index contributed by atoms with van der Waals surface area (Å²) in [5, 5.41) is 11.4. The number of nitrogens with one attached hydrogen (secondary N) is 1. The predicted octanol–water partition coefficient (Wildman–Crippen LogP) is 2.39. The predicted molar refractivity (Wildman–Crippen MR) is 88.6 cm³/mol. The molecule has 0 atom stereocenters. The van der Waals surface area contributed by atoms with Crippen LogP contribution < -0.4 is 10.9 Å². The highest BCUT2D eigenvalue weighted by Gasteiger charge is 2.10. The number of amides is 1. The number of hydrogen-bond donors (Lipinski definition) is 1. The standard InChI is InChI=1S/C16H13ClN4O2/c1-10-6-7-11(8-13(10)17)18-15(22)9-21-16(23)12-4-2-3-5-14(12)19-20-21/h2-8H,9H2,1H3,(H,18,22). The van der Waals surface area contributed by atoms with Gasteiger partial charge in [-0.25, -0.2) is 4.68 Å². The maximum Gasteiger partial charge on any atom is 0.278 e. The summed E-state index contributed by atoms with van der Waals surface area (Å²) >= 11 is 6.02. The molecule has 0 spiro atoms. The minimum absolute atomic E-state index is 0.220. The number of benzene rings is 2. The summed E-state index contributed by atoms with van der Waals surface area (Å²) < 4.78 is 1.04. The highest BCUT2D eigenvalue weighted by atomic mass is 35.5. The van der Waals surface area contributed by atoms with Crippen molar-refractivity contribution in [3.8, 4) is 0 Å². The Morgan fingerprint density at radius 1 is 1.26 bits per heavy atom. The monoisotopic (exact) mass is 328 g/mol. The van der Waals surface area contributed by atoms with E-state index < -0.39 is 0 Å². The summed E-state index contributed by atoms with van der Waals surface area (Å²) in [4.78, 5) is 24.4. The molecular weight excluding hydrogens is 316 g/mol. The number of anilines is 1. The number of hydrogen-bond acceptors (Lipinski definition) is 4. The molecule has 1 heterocycles. The van der Waals surface area contributed by atoms with Gasteiger partial charge in [-0.2, -0.15) is 0 Å². The van der Waals surface area contributed by atoms with Crippen molar-refractivity contribution in [3.05, 3.63) is 63.4 Å². The summed E-state index contributed by atoms with van der Waals surface area (Å²) in [5.74, 6) is -0.378. The Balaban J connectivity index is 1.81. The van der Waals surface area contributed by atoms with Crippen LogP contribution in [0.4, 0.5) is 5.69 Å². The average Bonchev–Trinajstić information content (AvgIpc) is 2.54. The fourth-order valence-electron chi connectivity index (χ4n) is 2.13. The summed E-state index contributed by atoms with van der Waals surface area (Å²) in [6.45, 7) is 1.65. The van der Waals surface area contributed by atoms with Crippen molar-refractivity contribution >= 4 is 34.1 Å². The second kappa shape index (κ2) is 6.18. The first-order valence-corrected chi connectivity index (χ1v) is 7.31. The van der Waals surface area contributed by atoms with Gasteiger partial charge in [-0.05, 0) is 36.8 Å². The number of aromatic nitrogens is 3. The van der Waals surface area contributed by atoms with E-state index in [4.69, 9.17) is 11.6 Å². The number of nitrogens with zero attached hydrogens (tertiary/aromatic N) is 3. The van der Waals surface area contributed by atoms with Crippen molar-refractivity contribution in [2.75, 3.05) is 5.32 Å². The Kier molecular flexibility index (Phi) is 4.08. The van der Waals surface area contributed by atoms with Crippen LogP contribution in [-0.2, 0) is 11.3 Å². The molecule has 0 bridgehead atoms. The fourth-order valence-corrected chi connectivity index (χ4v) is 2.31. The van der Waals surface area contributed by atoms with Gasteiger partial charge in [0.15, 0.2) is 0 Å². The quantitative estimate of drug-likeness (QED) is 0.801. The average molecular weight is 329 g/mol. The molecule has 6 nitrogen and oxygen atoms in total. The van der Waals surface area contributed by atoms with E-state index in [1.807, 2.05) is 6.92 Å². The molecule has 2 aromatic carbocycles. The molecule has 0 unspecified atom stereocenters. The van der Waals surface area contributed by atoms with Gasteiger partial charge in [0, 0.05) is 10.7 Å². The zero-order valence-electron chi connectivity index (χ0n) is 12.3. The van der Waals surface area contributed by atoms with Gasteiger partial charge in [0.1, 0.15) is 12.1 Å². The van der Waals surface area contributed by atoms with E-state index in [2.05, 4.69) is 15.6 Å². The highest BCUT2D eigenvalue weighted by molar-refractivity contribution is 6.31. The summed E-state index contributed by atoms with van der Waals surface area (Å²) in [7, 11) is 0. The number of halogens is 1. The number of fused-ring (bicyclic) bond motifs is 1. The van der Waals surface area contributed by atoms with Crippen LogP contribution in [0.25, 0.3) is 10.9 Å². The first kappa shape index (κ1) is 15.2. The molecular formula is C16H13ClN4O2. The Hall–Kier alpha value is -2.73. The number of rotatable bonds is 3. The van der Waals surface area contributed by atoms with Gasteiger partial charge < -0.3 is 5.32 Å². The van der Waals surface area contributed by atoms with E-state index in [1.54, 1.807) is 42.5 Å². The minimum atomic E-state index is -0.378. The molecule has 0 aliphatic rings. The molecule has 0 aliphatic heterocycles. The van der Waals surface area contributed by atoms with Gasteiger partial charge in [0.25, 0.3) is 5.56 Å². The van der Waals surface area contributed by atoms with Crippen molar-refractivity contribution in [2.45, 2.75) is 13.5 Å². The third-order valence-corrected chi connectivity index (χ3v) is 3.79. The fraction of sp³-hybridized carbons (Fsp3) is 0.125. The lowest BCUT2D eigenvalue weighted by atomic mass is 10.2. The Labute approximate surface area is 136 Å². The van der Waals surface area contributed by atoms with Crippen molar-refractivity contribution in [1.29, 1.82) is 0 Å². The van der Waals surface area contributed by atoms with Crippen LogP contribution >= 0.6 is 11.6 Å². The van der Waals surface area contributed by atoms with Gasteiger partial charge in [-0.1, -0.05) is 35.0 Å². The molecule has 23 heavy (non-hydrogen) atoms. The largest absolute Gasteiger partial charge is 0.324 e. The normalized spacial score (nSPS) is 10.7. The lowest BCUT2D eigenvalue weighted by Gasteiger charge is -2.08. The van der Waals surface area contributed by atoms with E-state index in [9.17, 15) is 9.59 Å². The van der Waals surface area contributed by atoms with Gasteiger partial charge in [0.05, 0.1) is 5.39 Å². The number of carbonyl (C=O) groups is 1. The van der Waals surface area contributed by atoms with Gasteiger partial charge in [-0.3, -0.25) is 9.59 Å². The summed E-state index contributed by atoms with van der Waals surface area (Å²) in [6.07, 6.45) is 0. The smallest absolute Gasteiger partial charge is 0.278 e. The van der Waals surface area contributed by atoms with Crippen LogP contribution in [0.3, 0.4) is 0 Å². The second-order valence-corrected chi connectivity index (χ2v) is 5.49. The number of carbonyl (C=O) groups excluding carboxylic acids is 1. The van der Waals surface area contributed by atoms with Crippen LogP contribution in [0.2, 0.25) is 5.02 Å². The van der Waals surface area contributed by atoms with E-state index in [-0.39, 0.29) is 18.0 Å². The Bertz CT molecular complexity index is 952. The van der Waals surface area contributed by atoms with Crippen molar-refractivity contribution in [2.24, 2.45) is 0 Å². The molecule has 3 aromatic rings. The Morgan fingerprint density at radius 2 is 2.04 bits per heavy atom. The SMILES string of the molecule is Cc1ccc(NC(=O)Cn2nnc3ccccc3c2=O)cc1Cl. The molecule has 3 rings (SSSR count). The first-order valence-electron chi connectivity index (χ1n) is 6.93. The summed E-state index contributed by atoms with van der Waals surface area (Å²) in [6, 6.07) is 12.1. The van der Waals surface area contributed by atoms with Crippen molar-refractivity contribution in [1.82, 2.24) is 15.0 Å². The zero-order valence-corrected chi connectivity index (χ0v) is 13.0. The van der Waals surface area contributed by atoms with Crippen LogP contribution in [0.5, 0.6) is 0 Å². The van der Waals surface area contributed by atoms with Crippen LogP contribution in [0.15, 0.2) is 47.3 Å². The lowest BCUT2D eigenvalue weighted by Crippen LogP contribution is -2.30. The molecule has 7 heteroatoms. The lowest BCUT2D eigenvalue weighted by molar-refractivity contribution is -0.117. The maximum atomic E-state index is 12.3. The number of aryl methyl sites for hydroxylation is 1. The molecule has 0 saturated carbocycles. The Morgan fingerprint density at radius 3 is 2.83 bits per heavy atom. The van der Waals surface area contributed by atoms with Gasteiger partial charge >= 0.3 is 0 Å². The molecule has 1 amide bonds. The maximum absolute atomic E-state index is 12.3. The molecule has 0 radical (unpaired) electrons. The van der Waals surface area contributed by atoms with Crippen LogP contribution in [-0.4, -0.2) is 20.9 Å². The van der Waals surface area contributed by atoms with E-state index in [1.165, 1.54) is 0 Å². The second-order valence-electron chi connectivity index (χ2n) is 5.08. The first-order chi connectivity index (χ1) is 11.0. The van der Waals surface area contributed by atoms with Crippen molar-refractivity contribution in [3.63, 3.8) is 0 Å². The molecule has 1 aromatic heterocycles. The highest BCUT2D eigenvalue weighted by Crippen LogP contribution is 2.19. The van der Waals surface area contributed by atoms with Crippen LogP contribution in [0.1, 0.15) is 5.56 Å². The topological polar surface area (TPSA) is 76.9 Å². The summed E-state index contributed by atoms with van der Waals surface area (Å²) in [5.41, 5.74) is 1.63. The molecule has 0 fully saturated rings. The minimum Gasteiger partial charge on any atom is -0.324 e. The third-order valence-electron chi connectivity index (χ3n) is 3.38. The van der Waals surface area contributed by atoms with E-state index in [0.29, 0.717) is 21.6 Å². The zero-order chi connectivity index (χ0) is 16.4. The van der Waals surface area contributed by atoms with Gasteiger partial charge in [-0.15, -0.1) is 5.10 Å².